The molecule has 1 N–H and O–H groups in total. The zero-order chi connectivity index (χ0) is 14.0. The third-order valence-corrected chi connectivity index (χ3v) is 5.04. The van der Waals surface area contributed by atoms with Crippen molar-refractivity contribution in [1.82, 2.24) is 9.55 Å². The molecule has 2 aromatic rings. The van der Waals surface area contributed by atoms with Crippen LogP contribution < -0.4 is 4.72 Å². The highest BCUT2D eigenvalue weighted by Crippen LogP contribution is 2.23. The minimum atomic E-state index is -3.76. The Hall–Kier alpha value is -1.18. The predicted octanol–water partition coefficient (Wildman–Crippen LogP) is 2.60. The highest BCUT2D eigenvalue weighted by Gasteiger charge is 2.22. The second-order valence-corrected chi connectivity index (χ2v) is 6.62. The summed E-state index contributed by atoms with van der Waals surface area (Å²) in [6, 6.07) is 7.06. The number of hydrogen-bond acceptors (Lipinski definition) is 4. The lowest BCUT2D eigenvalue weighted by atomic mass is 10.3. The van der Waals surface area contributed by atoms with Gasteiger partial charge in [-0.05, 0) is 30.5 Å². The minimum Gasteiger partial charge on any atom is -0.324 e. The van der Waals surface area contributed by atoms with E-state index in [0.29, 0.717) is 5.69 Å². The number of nitrogens with one attached hydrogen (secondary N) is 1. The van der Waals surface area contributed by atoms with Crippen molar-refractivity contribution in [2.24, 2.45) is 7.05 Å². The van der Waals surface area contributed by atoms with Gasteiger partial charge in [0, 0.05) is 17.6 Å². The molecule has 8 heteroatoms. The van der Waals surface area contributed by atoms with Crippen molar-refractivity contribution in [3.05, 3.63) is 35.7 Å². The average molecular weight is 318 g/mol. The van der Waals surface area contributed by atoms with E-state index in [1.807, 2.05) is 18.4 Å². The summed E-state index contributed by atoms with van der Waals surface area (Å²) in [5.74, 6) is 0. The van der Waals surface area contributed by atoms with Gasteiger partial charge in [-0.1, -0.05) is 11.6 Å². The van der Waals surface area contributed by atoms with Crippen molar-refractivity contribution in [1.29, 1.82) is 0 Å². The smallest absolute Gasteiger partial charge is 0.282 e. The lowest BCUT2D eigenvalue weighted by Crippen LogP contribution is -2.14. The second kappa shape index (κ2) is 5.44. The quantitative estimate of drug-likeness (QED) is 0.880. The van der Waals surface area contributed by atoms with Crippen LogP contribution >= 0.6 is 23.4 Å². The first-order chi connectivity index (χ1) is 8.94. The van der Waals surface area contributed by atoms with E-state index < -0.39 is 10.0 Å². The maximum Gasteiger partial charge on any atom is 0.282 e. The standard InChI is InChI=1S/C11H12ClN3O2S2/c1-15-7-13-11(10(15)12)19(16,17)14-8-3-5-9(18-2)6-4-8/h3-7,14H,1-2H3. The number of halogens is 1. The van der Waals surface area contributed by atoms with Crippen molar-refractivity contribution in [2.45, 2.75) is 9.92 Å². The third kappa shape index (κ3) is 3.05. The van der Waals surface area contributed by atoms with Crippen LogP contribution in [0.2, 0.25) is 5.15 Å². The maximum atomic E-state index is 12.1. The van der Waals surface area contributed by atoms with Gasteiger partial charge in [0.25, 0.3) is 10.0 Å². The zero-order valence-electron chi connectivity index (χ0n) is 10.3. The van der Waals surface area contributed by atoms with Crippen molar-refractivity contribution in [3.63, 3.8) is 0 Å². The number of imidazole rings is 1. The van der Waals surface area contributed by atoms with Gasteiger partial charge in [-0.2, -0.15) is 8.42 Å². The van der Waals surface area contributed by atoms with Gasteiger partial charge in [-0.15, -0.1) is 11.8 Å². The molecule has 102 valence electrons. The highest BCUT2D eigenvalue weighted by molar-refractivity contribution is 7.98. The number of nitrogens with zero attached hydrogens (tertiary/aromatic N) is 2. The number of benzene rings is 1. The molecule has 0 saturated carbocycles. The summed E-state index contributed by atoms with van der Waals surface area (Å²) in [5.41, 5.74) is 0.472. The number of hydrogen-bond donors (Lipinski definition) is 1. The van der Waals surface area contributed by atoms with E-state index in [2.05, 4.69) is 9.71 Å². The molecule has 2 rings (SSSR count). The summed E-state index contributed by atoms with van der Waals surface area (Å²) in [6.45, 7) is 0. The summed E-state index contributed by atoms with van der Waals surface area (Å²) < 4.78 is 28.1. The molecule has 0 aliphatic heterocycles. The maximum absolute atomic E-state index is 12.1. The van der Waals surface area contributed by atoms with E-state index in [1.165, 1.54) is 10.9 Å². The molecule has 0 fully saturated rings. The fraction of sp³-hybridized carbons (Fsp3) is 0.182. The summed E-state index contributed by atoms with van der Waals surface area (Å²) in [7, 11) is -2.14. The molecular formula is C11H12ClN3O2S2. The van der Waals surface area contributed by atoms with Crippen molar-refractivity contribution >= 4 is 39.1 Å². The summed E-state index contributed by atoms with van der Waals surface area (Å²) >= 11 is 7.47. The van der Waals surface area contributed by atoms with Crippen LogP contribution in [-0.2, 0) is 17.1 Å². The van der Waals surface area contributed by atoms with Gasteiger partial charge in [0.05, 0.1) is 6.33 Å². The molecule has 1 aromatic heterocycles. The van der Waals surface area contributed by atoms with Gasteiger partial charge < -0.3 is 4.57 Å². The highest BCUT2D eigenvalue weighted by atomic mass is 35.5. The van der Waals surface area contributed by atoms with Gasteiger partial charge in [0.2, 0.25) is 5.03 Å². The monoisotopic (exact) mass is 317 g/mol. The average Bonchev–Trinajstić information content (AvgIpc) is 2.71. The molecule has 0 saturated heterocycles. The third-order valence-electron chi connectivity index (χ3n) is 2.43. The first-order valence-corrected chi connectivity index (χ1v) is 8.36. The van der Waals surface area contributed by atoms with E-state index in [-0.39, 0.29) is 10.2 Å². The SMILES string of the molecule is CSc1ccc(NS(=O)(=O)c2ncn(C)c2Cl)cc1. The van der Waals surface area contributed by atoms with Crippen LogP contribution in [0.15, 0.2) is 40.5 Å². The van der Waals surface area contributed by atoms with Crippen LogP contribution in [0.4, 0.5) is 5.69 Å². The van der Waals surface area contributed by atoms with Crippen LogP contribution in [0.1, 0.15) is 0 Å². The zero-order valence-corrected chi connectivity index (χ0v) is 12.7. The van der Waals surface area contributed by atoms with E-state index >= 15 is 0 Å². The summed E-state index contributed by atoms with van der Waals surface area (Å²) in [6.07, 6.45) is 3.31. The Kier molecular flexibility index (Phi) is 4.07. The molecular weight excluding hydrogens is 306 g/mol. The molecule has 5 nitrogen and oxygen atoms in total. The molecule has 19 heavy (non-hydrogen) atoms. The van der Waals surface area contributed by atoms with Gasteiger partial charge in [-0.25, -0.2) is 4.98 Å². The first-order valence-electron chi connectivity index (χ1n) is 5.28. The van der Waals surface area contributed by atoms with Crippen LogP contribution in [0.3, 0.4) is 0 Å². The molecule has 1 aromatic carbocycles. The van der Waals surface area contributed by atoms with Crippen molar-refractivity contribution in [2.75, 3.05) is 11.0 Å². The molecule has 0 spiro atoms. The molecule has 0 unspecified atom stereocenters. The molecule has 0 atom stereocenters. The van der Waals surface area contributed by atoms with Gasteiger partial charge in [0.15, 0.2) is 0 Å². The molecule has 0 radical (unpaired) electrons. The second-order valence-electron chi connectivity index (χ2n) is 3.79. The largest absolute Gasteiger partial charge is 0.324 e. The summed E-state index contributed by atoms with van der Waals surface area (Å²) in [4.78, 5) is 4.85. The molecule has 0 aliphatic rings. The predicted molar refractivity (Wildman–Crippen MR) is 77.2 cm³/mol. The van der Waals surface area contributed by atoms with Crippen molar-refractivity contribution in [3.8, 4) is 0 Å². The Labute approximate surface area is 121 Å². The molecule has 1 heterocycles. The van der Waals surface area contributed by atoms with E-state index in [9.17, 15) is 8.42 Å². The van der Waals surface area contributed by atoms with E-state index in [4.69, 9.17) is 11.6 Å². The first kappa shape index (κ1) is 14.2. The van der Waals surface area contributed by atoms with Gasteiger partial charge in [-0.3, -0.25) is 4.72 Å². The van der Waals surface area contributed by atoms with Crippen LogP contribution in [0, 0.1) is 0 Å². The van der Waals surface area contributed by atoms with Crippen molar-refractivity contribution < 1.29 is 8.42 Å². The summed E-state index contributed by atoms with van der Waals surface area (Å²) in [5, 5.41) is -0.0983. The Morgan fingerprint density at radius 2 is 1.95 bits per heavy atom. The van der Waals surface area contributed by atoms with Crippen LogP contribution in [-0.4, -0.2) is 24.2 Å². The minimum absolute atomic E-state index is 0.0771. The number of anilines is 1. The Morgan fingerprint density at radius 1 is 1.32 bits per heavy atom. The van der Waals surface area contributed by atoms with E-state index in [0.717, 1.165) is 4.90 Å². The normalized spacial score (nSPS) is 11.5. The number of aromatic nitrogens is 2. The van der Waals surface area contributed by atoms with Gasteiger partial charge in [0.1, 0.15) is 5.15 Å². The lowest BCUT2D eigenvalue weighted by Gasteiger charge is -2.07. The fourth-order valence-electron chi connectivity index (χ4n) is 1.44. The number of thioether (sulfide) groups is 1. The molecule has 0 amide bonds. The number of sulfonamides is 1. The molecule has 0 aliphatic carbocycles. The van der Waals surface area contributed by atoms with Crippen LogP contribution in [0.5, 0.6) is 0 Å². The van der Waals surface area contributed by atoms with Gasteiger partial charge >= 0.3 is 0 Å². The Bertz CT molecular complexity index is 680. The Balaban J connectivity index is 2.28. The molecule has 0 bridgehead atoms. The fourth-order valence-corrected chi connectivity index (χ4v) is 3.34. The van der Waals surface area contributed by atoms with Crippen LogP contribution in [0.25, 0.3) is 0 Å². The number of aryl methyl sites for hydroxylation is 1. The Morgan fingerprint density at radius 3 is 2.42 bits per heavy atom. The topological polar surface area (TPSA) is 64.0 Å². The number of rotatable bonds is 4. The van der Waals surface area contributed by atoms with E-state index in [1.54, 1.807) is 30.9 Å². The lowest BCUT2D eigenvalue weighted by molar-refractivity contribution is 0.598.